The molecule has 29 heavy (non-hydrogen) atoms. The van der Waals surface area contributed by atoms with E-state index in [1.54, 1.807) is 6.20 Å². The molecule has 1 aliphatic rings. The first-order valence-corrected chi connectivity index (χ1v) is 10.0. The Labute approximate surface area is 169 Å². The molecule has 1 aliphatic heterocycles. The zero-order valence-electron chi connectivity index (χ0n) is 17.4. The smallest absolute Gasteiger partial charge is 0.162 e. The molecule has 0 aliphatic carbocycles. The minimum atomic E-state index is -0.920. The van der Waals surface area contributed by atoms with E-state index in [2.05, 4.69) is 41.7 Å². The lowest BCUT2D eigenvalue weighted by Gasteiger charge is -2.40. The van der Waals surface area contributed by atoms with Crippen molar-refractivity contribution in [3.63, 3.8) is 0 Å². The maximum absolute atomic E-state index is 14.0. The van der Waals surface area contributed by atoms with E-state index in [0.717, 1.165) is 54.3 Å². The zero-order chi connectivity index (χ0) is 20.8. The largest absolute Gasteiger partial charge is 0.496 e. The molecule has 0 unspecified atom stereocenters. The predicted octanol–water partition coefficient (Wildman–Crippen LogP) is 5.49. The van der Waals surface area contributed by atoms with Gasteiger partial charge in [-0.3, -0.25) is 4.90 Å². The summed E-state index contributed by atoms with van der Waals surface area (Å²) in [5.74, 6) is -1.08. The number of rotatable bonds is 3. The highest BCUT2D eigenvalue weighted by atomic mass is 19.2. The van der Waals surface area contributed by atoms with Crippen molar-refractivity contribution >= 4 is 11.0 Å². The van der Waals surface area contributed by atoms with Crippen molar-refractivity contribution in [1.29, 1.82) is 0 Å². The summed E-state index contributed by atoms with van der Waals surface area (Å²) in [7, 11) is 1.46. The first-order valence-electron chi connectivity index (χ1n) is 10.0. The summed E-state index contributed by atoms with van der Waals surface area (Å²) in [4.78, 5) is 10.4. The van der Waals surface area contributed by atoms with Crippen molar-refractivity contribution in [1.82, 2.24) is 14.9 Å². The van der Waals surface area contributed by atoms with Gasteiger partial charge in [-0.1, -0.05) is 0 Å². The Bertz CT molecular complexity index is 1030. The number of hydrogen-bond acceptors (Lipinski definition) is 3. The van der Waals surface area contributed by atoms with Gasteiger partial charge in [0.15, 0.2) is 11.6 Å². The highest BCUT2D eigenvalue weighted by Crippen LogP contribution is 2.38. The monoisotopic (exact) mass is 399 g/mol. The van der Waals surface area contributed by atoms with Crippen molar-refractivity contribution in [3.8, 4) is 16.9 Å². The maximum Gasteiger partial charge on any atom is 0.162 e. The number of likely N-dealkylation sites (tertiary alicyclic amines) is 1. The fourth-order valence-electron chi connectivity index (χ4n) is 4.27. The average molecular weight is 399 g/mol. The Kier molecular flexibility index (Phi) is 5.07. The number of halogens is 2. The van der Waals surface area contributed by atoms with Crippen LogP contribution in [0.3, 0.4) is 0 Å². The van der Waals surface area contributed by atoms with E-state index < -0.39 is 11.6 Å². The number of H-pyrrole nitrogens is 1. The molecule has 1 aromatic carbocycles. The molecule has 1 fully saturated rings. The third-order valence-electron chi connectivity index (χ3n) is 5.97. The lowest BCUT2D eigenvalue weighted by atomic mass is 9.90. The van der Waals surface area contributed by atoms with Crippen molar-refractivity contribution in [2.75, 3.05) is 20.2 Å². The zero-order valence-corrected chi connectivity index (χ0v) is 17.4. The van der Waals surface area contributed by atoms with Gasteiger partial charge in [-0.25, -0.2) is 13.8 Å². The van der Waals surface area contributed by atoms with Crippen LogP contribution in [0, 0.1) is 11.6 Å². The van der Waals surface area contributed by atoms with Gasteiger partial charge in [0.05, 0.1) is 7.11 Å². The lowest BCUT2D eigenvalue weighted by molar-refractivity contribution is 0.102. The standard InChI is InChI=1S/C23H27F2N3O/c1-23(2,3)28-9-6-14(7-10-28)20-12-17-15(5-8-26-22(17)27-20)16-11-18(24)19(25)13-21(16)29-4/h5,8,11-14H,6-7,9-10H2,1-4H3,(H,26,27). The van der Waals surface area contributed by atoms with Crippen LogP contribution in [0.4, 0.5) is 8.78 Å². The molecule has 4 rings (SSSR count). The van der Waals surface area contributed by atoms with Gasteiger partial charge in [0.1, 0.15) is 11.4 Å². The molecule has 0 saturated carbocycles. The minimum Gasteiger partial charge on any atom is -0.496 e. The van der Waals surface area contributed by atoms with Crippen LogP contribution in [0.25, 0.3) is 22.2 Å². The number of fused-ring (bicyclic) bond motifs is 1. The van der Waals surface area contributed by atoms with Gasteiger partial charge in [0.25, 0.3) is 0 Å². The van der Waals surface area contributed by atoms with Crippen LogP contribution < -0.4 is 4.74 Å². The van der Waals surface area contributed by atoms with Crippen LogP contribution in [0.5, 0.6) is 5.75 Å². The van der Waals surface area contributed by atoms with Crippen LogP contribution in [-0.4, -0.2) is 40.6 Å². The molecule has 6 heteroatoms. The van der Waals surface area contributed by atoms with Gasteiger partial charge in [-0.15, -0.1) is 0 Å². The van der Waals surface area contributed by atoms with Crippen molar-refractivity contribution < 1.29 is 13.5 Å². The average Bonchev–Trinajstić information content (AvgIpc) is 3.13. The number of piperidine rings is 1. The molecule has 1 saturated heterocycles. The summed E-state index contributed by atoms with van der Waals surface area (Å²) in [6.07, 6.45) is 3.84. The summed E-state index contributed by atoms with van der Waals surface area (Å²) in [5, 5.41) is 0.894. The number of benzene rings is 1. The van der Waals surface area contributed by atoms with Gasteiger partial charge in [0, 0.05) is 40.4 Å². The number of pyridine rings is 1. The minimum absolute atomic E-state index is 0.184. The molecule has 2 aromatic heterocycles. The van der Waals surface area contributed by atoms with E-state index >= 15 is 0 Å². The lowest BCUT2D eigenvalue weighted by Crippen LogP contribution is -2.45. The first-order chi connectivity index (χ1) is 13.8. The predicted molar refractivity (Wildman–Crippen MR) is 111 cm³/mol. The second kappa shape index (κ2) is 7.41. The van der Waals surface area contributed by atoms with Crippen molar-refractivity contribution in [2.24, 2.45) is 0 Å². The third kappa shape index (κ3) is 3.73. The normalized spacial score (nSPS) is 16.5. The third-order valence-corrected chi connectivity index (χ3v) is 5.97. The number of hydrogen-bond donors (Lipinski definition) is 1. The van der Waals surface area contributed by atoms with Crippen LogP contribution in [0.15, 0.2) is 30.5 Å². The molecule has 3 heterocycles. The number of nitrogens with zero attached hydrogens (tertiary/aromatic N) is 2. The molecule has 0 amide bonds. The highest BCUT2D eigenvalue weighted by molar-refractivity contribution is 5.95. The Morgan fingerprint density at radius 3 is 2.41 bits per heavy atom. The molecule has 0 bridgehead atoms. The molecule has 154 valence electrons. The van der Waals surface area contributed by atoms with Gasteiger partial charge < -0.3 is 9.72 Å². The Balaban J connectivity index is 1.70. The Hall–Kier alpha value is -2.47. The maximum atomic E-state index is 14.0. The number of aromatic nitrogens is 2. The van der Waals surface area contributed by atoms with E-state index in [0.29, 0.717) is 17.2 Å². The summed E-state index contributed by atoms with van der Waals surface area (Å²) in [5.41, 5.74) is 3.38. The van der Waals surface area contributed by atoms with Crippen LogP contribution in [0.1, 0.15) is 45.2 Å². The SMILES string of the molecule is COc1cc(F)c(F)cc1-c1ccnc2[nH]c(C3CCN(C(C)(C)C)CC3)cc12. The van der Waals surface area contributed by atoms with Gasteiger partial charge in [-0.2, -0.15) is 0 Å². The molecule has 1 N–H and O–H groups in total. The topological polar surface area (TPSA) is 41.1 Å². The van der Waals surface area contributed by atoms with Gasteiger partial charge in [-0.05, 0) is 70.5 Å². The molecule has 0 atom stereocenters. The van der Waals surface area contributed by atoms with E-state index in [4.69, 9.17) is 4.74 Å². The number of methoxy groups -OCH3 is 1. The first kappa shape index (κ1) is 19.8. The van der Waals surface area contributed by atoms with E-state index in [9.17, 15) is 8.78 Å². The second-order valence-corrected chi connectivity index (χ2v) is 8.74. The highest BCUT2D eigenvalue weighted by Gasteiger charge is 2.28. The molecular formula is C23H27F2N3O. The molecular weight excluding hydrogens is 372 g/mol. The van der Waals surface area contributed by atoms with E-state index in [1.807, 2.05) is 6.07 Å². The molecule has 4 nitrogen and oxygen atoms in total. The van der Waals surface area contributed by atoms with E-state index in [1.165, 1.54) is 13.2 Å². The van der Waals surface area contributed by atoms with Gasteiger partial charge in [0.2, 0.25) is 0 Å². The number of aromatic amines is 1. The molecule has 0 spiro atoms. The quantitative estimate of drug-likeness (QED) is 0.633. The van der Waals surface area contributed by atoms with Crippen LogP contribution >= 0.6 is 0 Å². The van der Waals surface area contributed by atoms with E-state index in [-0.39, 0.29) is 5.54 Å². The van der Waals surface area contributed by atoms with Crippen molar-refractivity contribution in [3.05, 3.63) is 47.8 Å². The van der Waals surface area contributed by atoms with Crippen LogP contribution in [-0.2, 0) is 0 Å². The summed E-state index contributed by atoms with van der Waals surface area (Å²) in [6, 6.07) is 6.21. The fourth-order valence-corrected chi connectivity index (χ4v) is 4.27. The summed E-state index contributed by atoms with van der Waals surface area (Å²) in [6.45, 7) is 8.87. The number of nitrogens with one attached hydrogen (secondary N) is 1. The molecule has 0 radical (unpaired) electrons. The Morgan fingerprint density at radius 1 is 1.07 bits per heavy atom. The fraction of sp³-hybridized carbons (Fsp3) is 0.435. The Morgan fingerprint density at radius 2 is 1.76 bits per heavy atom. The van der Waals surface area contributed by atoms with Gasteiger partial charge >= 0.3 is 0 Å². The summed E-state index contributed by atoms with van der Waals surface area (Å²) < 4.78 is 32.9. The van der Waals surface area contributed by atoms with Crippen LogP contribution in [0.2, 0.25) is 0 Å². The summed E-state index contributed by atoms with van der Waals surface area (Å²) >= 11 is 0. The number of ether oxygens (including phenoxy) is 1. The van der Waals surface area contributed by atoms with Crippen molar-refractivity contribution in [2.45, 2.75) is 45.1 Å². The second-order valence-electron chi connectivity index (χ2n) is 8.74. The molecule has 3 aromatic rings.